The molecule has 1 amide bonds. The number of amides is 1. The molecule has 4 nitrogen and oxygen atoms in total. The van der Waals surface area contributed by atoms with Crippen LogP contribution in [0.2, 0.25) is 0 Å². The molecule has 0 heterocycles. The molecule has 29 heavy (non-hydrogen) atoms. The lowest BCUT2D eigenvalue weighted by Crippen LogP contribution is -2.72. The van der Waals surface area contributed by atoms with Gasteiger partial charge in [-0.2, -0.15) is 26.3 Å². The number of rotatable bonds is 5. The minimum atomic E-state index is -5.94. The molecule has 2 N–H and O–H groups in total. The van der Waals surface area contributed by atoms with Gasteiger partial charge in [0.25, 0.3) is 5.91 Å². The second-order valence-electron chi connectivity index (χ2n) is 6.27. The number of alkyl halides is 6. The van der Waals surface area contributed by atoms with Crippen molar-refractivity contribution in [1.29, 1.82) is 0 Å². The van der Waals surface area contributed by atoms with Crippen LogP contribution in [-0.2, 0) is 0 Å². The number of benzene rings is 2. The van der Waals surface area contributed by atoms with Crippen LogP contribution in [0.3, 0.4) is 0 Å². The fourth-order valence-corrected chi connectivity index (χ4v) is 2.55. The Hall–Kier alpha value is -3.04. The summed E-state index contributed by atoms with van der Waals surface area (Å²) in [7, 11) is 0. The number of aryl methyl sites for hydroxylation is 1. The average molecular weight is 418 g/mol. The largest absolute Gasteiger partial charge is 0.439 e. The van der Waals surface area contributed by atoms with E-state index in [-0.39, 0.29) is 16.7 Å². The Bertz CT molecular complexity index is 890. The first-order valence-corrected chi connectivity index (χ1v) is 8.19. The molecule has 0 aromatic heterocycles. The van der Waals surface area contributed by atoms with Gasteiger partial charge in [-0.3, -0.25) is 9.59 Å². The number of carbonyl (C=O) groups excluding carboxylic acids is 2. The molecule has 0 radical (unpaired) electrons. The maximum Gasteiger partial charge on any atom is 0.439 e. The van der Waals surface area contributed by atoms with E-state index in [0.717, 1.165) is 35.6 Å². The summed E-state index contributed by atoms with van der Waals surface area (Å²) < 4.78 is 82.1. The van der Waals surface area contributed by atoms with Crippen molar-refractivity contribution in [2.45, 2.75) is 31.9 Å². The normalized spacial score (nSPS) is 12.4. The van der Waals surface area contributed by atoms with Gasteiger partial charge < -0.3 is 10.6 Å². The zero-order valence-corrected chi connectivity index (χ0v) is 15.2. The van der Waals surface area contributed by atoms with E-state index >= 15 is 0 Å². The molecular formula is C19H16F6N2O2. The van der Waals surface area contributed by atoms with Gasteiger partial charge in [0.15, 0.2) is 5.78 Å². The average Bonchev–Trinajstić information content (AvgIpc) is 2.59. The molecule has 0 aliphatic heterocycles. The summed E-state index contributed by atoms with van der Waals surface area (Å²) in [6.45, 7) is 2.58. The molecule has 0 unspecified atom stereocenters. The van der Waals surface area contributed by atoms with E-state index in [1.54, 1.807) is 0 Å². The first kappa shape index (κ1) is 22.3. The highest BCUT2D eigenvalue weighted by molar-refractivity contribution is 5.96. The van der Waals surface area contributed by atoms with Gasteiger partial charge in [-0.25, -0.2) is 0 Å². The van der Waals surface area contributed by atoms with Gasteiger partial charge >= 0.3 is 18.0 Å². The minimum Gasteiger partial charge on any atom is -0.348 e. The molecule has 0 atom stereocenters. The summed E-state index contributed by atoms with van der Waals surface area (Å²) in [5.41, 5.74) is -5.37. The molecule has 0 saturated carbocycles. The Balaban J connectivity index is 2.52. The van der Waals surface area contributed by atoms with Gasteiger partial charge in [-0.1, -0.05) is 18.2 Å². The molecule has 2 aromatic carbocycles. The Morgan fingerprint density at radius 3 is 1.79 bits per heavy atom. The van der Waals surface area contributed by atoms with Crippen molar-refractivity contribution in [1.82, 2.24) is 5.32 Å². The molecule has 2 rings (SSSR count). The third-order valence-corrected chi connectivity index (χ3v) is 4.16. The lowest BCUT2D eigenvalue weighted by molar-refractivity contribution is -0.294. The maximum atomic E-state index is 13.7. The van der Waals surface area contributed by atoms with Gasteiger partial charge in [0.2, 0.25) is 0 Å². The Labute approximate surface area is 161 Å². The number of carbonyl (C=O) groups is 2. The van der Waals surface area contributed by atoms with Crippen molar-refractivity contribution in [2.75, 3.05) is 5.32 Å². The maximum absolute atomic E-state index is 13.7. The Morgan fingerprint density at radius 1 is 0.828 bits per heavy atom. The lowest BCUT2D eigenvalue weighted by atomic mass is 10.0. The summed E-state index contributed by atoms with van der Waals surface area (Å²) in [5.74, 6) is -1.96. The molecule has 0 saturated heterocycles. The van der Waals surface area contributed by atoms with Crippen LogP contribution >= 0.6 is 0 Å². The van der Waals surface area contributed by atoms with E-state index in [0.29, 0.717) is 0 Å². The lowest BCUT2D eigenvalue weighted by Gasteiger charge is -2.39. The van der Waals surface area contributed by atoms with Crippen LogP contribution in [0.4, 0.5) is 32.0 Å². The predicted octanol–water partition coefficient (Wildman–Crippen LogP) is 4.86. The van der Waals surface area contributed by atoms with E-state index < -0.39 is 35.4 Å². The van der Waals surface area contributed by atoms with Crippen LogP contribution in [0.25, 0.3) is 0 Å². The van der Waals surface area contributed by atoms with Gasteiger partial charge in [0, 0.05) is 16.8 Å². The Kier molecular flexibility index (Phi) is 5.96. The van der Waals surface area contributed by atoms with Crippen molar-refractivity contribution in [2.24, 2.45) is 0 Å². The smallest absolute Gasteiger partial charge is 0.348 e. The van der Waals surface area contributed by atoms with E-state index in [1.807, 2.05) is 0 Å². The summed E-state index contributed by atoms with van der Waals surface area (Å²) in [4.78, 5) is 23.6. The number of halogens is 6. The molecule has 0 bridgehead atoms. The highest BCUT2D eigenvalue weighted by Crippen LogP contribution is 2.43. The number of Topliss-reactive ketones (excluding diaryl/α,β-unsaturated/α-hetero) is 1. The van der Waals surface area contributed by atoms with Gasteiger partial charge in [0.05, 0.1) is 0 Å². The number of nitrogens with one attached hydrogen (secondary N) is 2. The van der Waals surface area contributed by atoms with Crippen molar-refractivity contribution in [3.63, 3.8) is 0 Å². The number of anilines is 1. The van der Waals surface area contributed by atoms with Gasteiger partial charge in [-0.15, -0.1) is 0 Å². The van der Waals surface area contributed by atoms with E-state index in [9.17, 15) is 35.9 Å². The summed E-state index contributed by atoms with van der Waals surface area (Å²) in [5, 5.41) is 2.45. The third kappa shape index (κ3) is 4.52. The van der Waals surface area contributed by atoms with Crippen molar-refractivity contribution in [3.8, 4) is 0 Å². The minimum absolute atomic E-state index is 0.101. The molecule has 0 aliphatic carbocycles. The first-order chi connectivity index (χ1) is 13.3. The highest BCUT2D eigenvalue weighted by Gasteiger charge is 2.72. The SMILES string of the molecule is CC(=O)c1ccc(NC(NC(=O)c2ccccc2C)(C(F)(F)F)C(F)(F)F)cc1. The summed E-state index contributed by atoms with van der Waals surface area (Å²) in [6, 6.07) is 9.23. The third-order valence-electron chi connectivity index (χ3n) is 4.16. The topological polar surface area (TPSA) is 58.2 Å². The fraction of sp³-hybridized carbons (Fsp3) is 0.263. The standard InChI is InChI=1S/C19H16F6N2O2/c1-11-5-3-4-6-15(11)16(29)27-17(18(20,21)22,19(23,24)25)26-14-9-7-13(8-10-14)12(2)28/h3-10,26H,1-2H3,(H,27,29). The fourth-order valence-electron chi connectivity index (χ4n) is 2.55. The molecule has 0 fully saturated rings. The van der Waals surface area contributed by atoms with Crippen LogP contribution in [0.5, 0.6) is 0 Å². The van der Waals surface area contributed by atoms with Gasteiger partial charge in [0.1, 0.15) is 0 Å². The molecule has 0 aliphatic rings. The van der Waals surface area contributed by atoms with Crippen molar-refractivity contribution in [3.05, 3.63) is 65.2 Å². The summed E-state index contributed by atoms with van der Waals surface area (Å²) >= 11 is 0. The number of hydrogen-bond acceptors (Lipinski definition) is 3. The van der Waals surface area contributed by atoms with Crippen LogP contribution in [-0.4, -0.2) is 29.7 Å². The van der Waals surface area contributed by atoms with Crippen LogP contribution < -0.4 is 10.6 Å². The van der Waals surface area contributed by atoms with E-state index in [2.05, 4.69) is 0 Å². The molecular weight excluding hydrogens is 402 g/mol. The van der Waals surface area contributed by atoms with Crippen LogP contribution in [0.15, 0.2) is 48.5 Å². The molecule has 2 aromatic rings. The second-order valence-corrected chi connectivity index (χ2v) is 6.27. The van der Waals surface area contributed by atoms with Crippen LogP contribution in [0.1, 0.15) is 33.2 Å². The zero-order valence-electron chi connectivity index (χ0n) is 15.2. The number of ketones is 1. The Morgan fingerprint density at radius 2 is 1.34 bits per heavy atom. The first-order valence-electron chi connectivity index (χ1n) is 8.19. The van der Waals surface area contributed by atoms with E-state index in [1.165, 1.54) is 37.4 Å². The highest BCUT2D eigenvalue weighted by atomic mass is 19.4. The van der Waals surface area contributed by atoms with E-state index in [4.69, 9.17) is 0 Å². The second kappa shape index (κ2) is 7.76. The molecule has 0 spiro atoms. The molecule has 156 valence electrons. The monoisotopic (exact) mass is 418 g/mol. The van der Waals surface area contributed by atoms with Crippen molar-refractivity contribution >= 4 is 17.4 Å². The summed E-state index contributed by atoms with van der Waals surface area (Å²) in [6.07, 6.45) is -11.9. The van der Waals surface area contributed by atoms with Crippen molar-refractivity contribution < 1.29 is 35.9 Å². The van der Waals surface area contributed by atoms with Crippen LogP contribution in [0, 0.1) is 6.92 Å². The predicted molar refractivity (Wildman–Crippen MR) is 93.6 cm³/mol. The van der Waals surface area contributed by atoms with Gasteiger partial charge in [-0.05, 0) is 49.7 Å². The zero-order chi connectivity index (χ0) is 22.0. The molecule has 10 heteroatoms. The number of hydrogen-bond donors (Lipinski definition) is 2. The quantitative estimate of drug-likeness (QED) is 0.414.